The van der Waals surface area contributed by atoms with Gasteiger partial charge in [0, 0.05) is 12.1 Å². The molecule has 0 saturated heterocycles. The van der Waals surface area contributed by atoms with Crippen LogP contribution in [0.1, 0.15) is 5.56 Å². The maximum atomic E-state index is 13.3. The number of halogens is 2. The topological polar surface area (TPSA) is 81.4 Å². The summed E-state index contributed by atoms with van der Waals surface area (Å²) >= 11 is 0. The van der Waals surface area contributed by atoms with Crippen molar-refractivity contribution in [3.63, 3.8) is 0 Å². The molecule has 4 aromatic rings. The molecular weight excluding hydrogens is 450 g/mol. The molecule has 9 heteroatoms. The molecule has 4 rings (SSSR count). The van der Waals surface area contributed by atoms with Crippen LogP contribution in [0.15, 0.2) is 87.1 Å². The van der Waals surface area contributed by atoms with Crippen LogP contribution in [-0.4, -0.2) is 27.1 Å². The largest absolute Gasteiger partial charge is 0.497 e. The fourth-order valence-corrected chi connectivity index (χ4v) is 4.43. The van der Waals surface area contributed by atoms with Crippen molar-refractivity contribution in [1.82, 2.24) is 4.98 Å². The van der Waals surface area contributed by atoms with Crippen LogP contribution in [0.4, 0.5) is 14.7 Å². The molecule has 1 heterocycles. The summed E-state index contributed by atoms with van der Waals surface area (Å²) in [5.74, 6) is -0.297. The smallest absolute Gasteiger partial charge is 0.233 e. The first-order chi connectivity index (χ1) is 15.9. The minimum Gasteiger partial charge on any atom is -0.497 e. The lowest BCUT2D eigenvalue weighted by molar-refractivity contribution is 0.414. The van der Waals surface area contributed by atoms with E-state index in [-0.39, 0.29) is 21.7 Å². The molecule has 0 aliphatic rings. The molecule has 0 spiro atoms. The van der Waals surface area contributed by atoms with Crippen molar-refractivity contribution in [2.24, 2.45) is 0 Å². The Hall–Kier alpha value is -3.72. The van der Waals surface area contributed by atoms with E-state index < -0.39 is 21.5 Å². The highest BCUT2D eigenvalue weighted by Crippen LogP contribution is 2.32. The first-order valence-corrected chi connectivity index (χ1v) is 11.5. The Labute approximate surface area is 189 Å². The van der Waals surface area contributed by atoms with Gasteiger partial charge >= 0.3 is 0 Å². The molecule has 0 unspecified atom stereocenters. The number of sulfone groups is 1. The van der Waals surface area contributed by atoms with E-state index in [0.717, 1.165) is 35.6 Å². The summed E-state index contributed by atoms with van der Waals surface area (Å²) in [5, 5.41) is 2.66. The molecule has 6 nitrogen and oxygen atoms in total. The van der Waals surface area contributed by atoms with Gasteiger partial charge in [-0.3, -0.25) is 0 Å². The van der Waals surface area contributed by atoms with Crippen LogP contribution in [0, 0.1) is 11.6 Å². The minimum absolute atomic E-state index is 0.0163. The van der Waals surface area contributed by atoms with Gasteiger partial charge in [-0.05, 0) is 72.6 Å². The Kier molecular flexibility index (Phi) is 6.41. The first-order valence-electron chi connectivity index (χ1n) is 10.0. The zero-order valence-electron chi connectivity index (χ0n) is 17.6. The van der Waals surface area contributed by atoms with Crippen LogP contribution >= 0.6 is 0 Å². The number of benzene rings is 3. The number of nitrogens with one attached hydrogen (secondary N) is 1. The monoisotopic (exact) mass is 470 g/mol. The molecule has 170 valence electrons. The van der Waals surface area contributed by atoms with Gasteiger partial charge in [-0.25, -0.2) is 17.2 Å². The molecule has 33 heavy (non-hydrogen) atoms. The second-order valence-corrected chi connectivity index (χ2v) is 9.01. The van der Waals surface area contributed by atoms with Gasteiger partial charge in [-0.1, -0.05) is 12.1 Å². The molecule has 0 radical (unpaired) electrons. The van der Waals surface area contributed by atoms with Gasteiger partial charge < -0.3 is 14.5 Å². The molecule has 0 atom stereocenters. The van der Waals surface area contributed by atoms with E-state index in [0.29, 0.717) is 18.5 Å². The highest BCUT2D eigenvalue weighted by atomic mass is 32.2. The Balaban J connectivity index is 1.64. The van der Waals surface area contributed by atoms with Crippen molar-refractivity contribution < 1.29 is 26.4 Å². The van der Waals surface area contributed by atoms with Crippen molar-refractivity contribution in [2.45, 2.75) is 16.3 Å². The van der Waals surface area contributed by atoms with Gasteiger partial charge in [-0.15, -0.1) is 0 Å². The van der Waals surface area contributed by atoms with Crippen LogP contribution in [0.5, 0.6) is 5.75 Å². The molecule has 0 aliphatic heterocycles. The highest BCUT2D eigenvalue weighted by molar-refractivity contribution is 7.91. The molecular formula is C24H20F2N2O4S. The van der Waals surface area contributed by atoms with E-state index in [2.05, 4.69) is 10.3 Å². The normalized spacial score (nSPS) is 11.4. The number of ether oxygens (including phenoxy) is 1. The summed E-state index contributed by atoms with van der Waals surface area (Å²) < 4.78 is 63.9. The number of anilines is 1. The summed E-state index contributed by atoms with van der Waals surface area (Å²) in [6.45, 7) is 0.357. The Morgan fingerprint density at radius 3 is 2.12 bits per heavy atom. The average molecular weight is 470 g/mol. The number of nitrogens with zero attached hydrogens (tertiary/aromatic N) is 1. The van der Waals surface area contributed by atoms with Crippen LogP contribution in [-0.2, 0) is 16.3 Å². The Bertz CT molecular complexity index is 1330. The zero-order valence-corrected chi connectivity index (χ0v) is 18.4. The molecule has 0 fully saturated rings. The lowest BCUT2D eigenvalue weighted by atomic mass is 10.1. The number of aromatic nitrogens is 1. The van der Waals surface area contributed by atoms with Crippen molar-refractivity contribution in [1.29, 1.82) is 0 Å². The Morgan fingerprint density at radius 1 is 0.909 bits per heavy atom. The summed E-state index contributed by atoms with van der Waals surface area (Å²) in [4.78, 5) is 4.06. The first kappa shape index (κ1) is 22.5. The second kappa shape index (κ2) is 9.41. The van der Waals surface area contributed by atoms with E-state index in [1.807, 2.05) is 24.3 Å². The predicted octanol–water partition coefficient (Wildman–Crippen LogP) is 5.12. The number of oxazole rings is 1. The van der Waals surface area contributed by atoms with Crippen molar-refractivity contribution >= 4 is 15.7 Å². The van der Waals surface area contributed by atoms with E-state index in [4.69, 9.17) is 9.15 Å². The third kappa shape index (κ3) is 5.04. The summed E-state index contributed by atoms with van der Waals surface area (Å²) in [6.07, 6.45) is 0.576. The van der Waals surface area contributed by atoms with E-state index in [1.54, 1.807) is 7.11 Å². The third-order valence-electron chi connectivity index (χ3n) is 4.92. The van der Waals surface area contributed by atoms with Gasteiger partial charge in [0.25, 0.3) is 0 Å². The number of rotatable bonds is 8. The summed E-state index contributed by atoms with van der Waals surface area (Å²) in [6, 6.07) is 17.3. The number of methoxy groups -OCH3 is 1. The summed E-state index contributed by atoms with van der Waals surface area (Å²) in [7, 11) is -2.52. The maximum absolute atomic E-state index is 13.3. The van der Waals surface area contributed by atoms with Gasteiger partial charge in [0.1, 0.15) is 17.4 Å². The van der Waals surface area contributed by atoms with Gasteiger partial charge in [0.05, 0.1) is 12.0 Å². The van der Waals surface area contributed by atoms with Crippen LogP contribution < -0.4 is 10.1 Å². The van der Waals surface area contributed by atoms with Crippen LogP contribution in [0.25, 0.3) is 11.5 Å². The maximum Gasteiger partial charge on any atom is 0.233 e. The lowest BCUT2D eigenvalue weighted by Gasteiger charge is -2.07. The van der Waals surface area contributed by atoms with Crippen LogP contribution in [0.2, 0.25) is 0 Å². The van der Waals surface area contributed by atoms with E-state index >= 15 is 0 Å². The molecule has 0 bridgehead atoms. The van der Waals surface area contributed by atoms with Gasteiger partial charge in [-0.2, -0.15) is 4.98 Å². The SMILES string of the molecule is COc1ccc(CCNc2oc(-c3ccc(F)cc3)nc2S(=O)(=O)c2ccc(F)cc2)cc1. The zero-order chi connectivity index (χ0) is 23.4. The lowest BCUT2D eigenvalue weighted by Crippen LogP contribution is -2.10. The van der Waals surface area contributed by atoms with Gasteiger partial charge in [0.15, 0.2) is 0 Å². The molecule has 3 aromatic carbocycles. The molecule has 1 N–H and O–H groups in total. The third-order valence-corrected chi connectivity index (χ3v) is 6.60. The summed E-state index contributed by atoms with van der Waals surface area (Å²) in [5.41, 5.74) is 1.42. The van der Waals surface area contributed by atoms with Crippen molar-refractivity contribution in [3.8, 4) is 17.2 Å². The van der Waals surface area contributed by atoms with Crippen molar-refractivity contribution in [3.05, 3.63) is 90.0 Å². The molecule has 0 saturated carbocycles. The second-order valence-electron chi connectivity index (χ2n) is 7.14. The van der Waals surface area contributed by atoms with E-state index in [9.17, 15) is 17.2 Å². The van der Waals surface area contributed by atoms with E-state index in [1.165, 1.54) is 24.3 Å². The molecule has 1 aromatic heterocycles. The van der Waals surface area contributed by atoms with Gasteiger partial charge in [0.2, 0.25) is 26.6 Å². The standard InChI is InChI=1S/C24H20F2N2O4S/c1-31-20-10-2-16(3-11-20)14-15-27-23-24(33(29,30)21-12-8-19(26)9-13-21)28-22(32-23)17-4-6-18(25)7-5-17/h2-13,27H,14-15H2,1H3. The minimum atomic E-state index is -4.11. The quantitative estimate of drug-likeness (QED) is 0.360. The average Bonchev–Trinajstić information content (AvgIpc) is 3.25. The van der Waals surface area contributed by atoms with Crippen molar-refractivity contribution in [2.75, 3.05) is 19.0 Å². The highest BCUT2D eigenvalue weighted by Gasteiger charge is 2.28. The van der Waals surface area contributed by atoms with Crippen LogP contribution in [0.3, 0.4) is 0 Å². The Morgan fingerprint density at radius 2 is 1.52 bits per heavy atom. The number of hydrogen-bond acceptors (Lipinski definition) is 6. The number of hydrogen-bond donors (Lipinski definition) is 1. The molecule has 0 aliphatic carbocycles. The fourth-order valence-electron chi connectivity index (χ4n) is 3.15. The fraction of sp³-hybridized carbons (Fsp3) is 0.125. The molecule has 0 amide bonds. The predicted molar refractivity (Wildman–Crippen MR) is 119 cm³/mol.